The van der Waals surface area contributed by atoms with E-state index in [0.717, 1.165) is 38.4 Å². The molecule has 1 fully saturated rings. The van der Waals surface area contributed by atoms with E-state index in [-0.39, 0.29) is 17.0 Å². The summed E-state index contributed by atoms with van der Waals surface area (Å²) in [6.07, 6.45) is 0. The zero-order chi connectivity index (χ0) is 21.5. The number of rotatable bonds is 6. The first-order chi connectivity index (χ1) is 14.5. The number of nitrogens with one attached hydrogen (secondary N) is 2. The van der Waals surface area contributed by atoms with Crippen molar-refractivity contribution in [3.05, 3.63) is 64.7 Å². The van der Waals surface area contributed by atoms with Gasteiger partial charge in [-0.05, 0) is 30.3 Å². The van der Waals surface area contributed by atoms with Gasteiger partial charge in [0.25, 0.3) is 5.91 Å². The van der Waals surface area contributed by atoms with Crippen LogP contribution in [0.4, 0.5) is 5.69 Å². The molecule has 1 aliphatic heterocycles. The molecule has 158 valence electrons. The van der Waals surface area contributed by atoms with Crippen LogP contribution in [0.3, 0.4) is 0 Å². The number of hydrogen-bond acceptors (Lipinski definition) is 6. The van der Waals surface area contributed by atoms with Gasteiger partial charge in [-0.15, -0.1) is 0 Å². The smallest absolute Gasteiger partial charge is 0.337 e. The molecular weight excluding hydrogens is 388 g/mol. The average Bonchev–Trinajstić information content (AvgIpc) is 2.78. The first kappa shape index (κ1) is 21.5. The summed E-state index contributed by atoms with van der Waals surface area (Å²) >= 11 is 0. The lowest BCUT2D eigenvalue weighted by Crippen LogP contribution is -3.12. The molecule has 2 aromatic rings. The highest BCUT2D eigenvalue weighted by Crippen LogP contribution is 2.18. The van der Waals surface area contributed by atoms with Gasteiger partial charge in [-0.1, -0.05) is 12.1 Å². The first-order valence-corrected chi connectivity index (χ1v) is 9.63. The van der Waals surface area contributed by atoms with Crippen molar-refractivity contribution in [2.75, 3.05) is 45.8 Å². The second-order valence-electron chi connectivity index (χ2n) is 6.97. The topological polar surface area (TPSA) is 95.4 Å². The lowest BCUT2D eigenvalue weighted by Gasteiger charge is -2.23. The zero-order valence-corrected chi connectivity index (χ0v) is 17.0. The van der Waals surface area contributed by atoms with Gasteiger partial charge in [0.1, 0.15) is 19.6 Å². The van der Waals surface area contributed by atoms with E-state index in [1.165, 1.54) is 37.3 Å². The molecule has 0 bridgehead atoms. The molecule has 1 amide bonds. The van der Waals surface area contributed by atoms with E-state index in [1.807, 2.05) is 12.1 Å². The molecule has 0 radical (unpaired) electrons. The van der Waals surface area contributed by atoms with Crippen LogP contribution < -0.4 is 10.2 Å². The minimum absolute atomic E-state index is 0.138. The number of hydrogen-bond donors (Lipinski definition) is 2. The lowest BCUT2D eigenvalue weighted by atomic mass is 10.1. The third kappa shape index (κ3) is 5.43. The summed E-state index contributed by atoms with van der Waals surface area (Å²) in [4.78, 5) is 37.9. The minimum Gasteiger partial charge on any atom is -0.465 e. The molecule has 0 aromatic heterocycles. The average molecular weight is 413 g/mol. The summed E-state index contributed by atoms with van der Waals surface area (Å²) < 4.78 is 14.8. The Morgan fingerprint density at radius 3 is 2.00 bits per heavy atom. The molecule has 30 heavy (non-hydrogen) atoms. The Labute approximate surface area is 174 Å². The second kappa shape index (κ2) is 10.00. The maximum Gasteiger partial charge on any atom is 0.337 e. The third-order valence-corrected chi connectivity index (χ3v) is 4.90. The first-order valence-electron chi connectivity index (χ1n) is 9.63. The third-order valence-electron chi connectivity index (χ3n) is 4.90. The molecule has 2 aromatic carbocycles. The Morgan fingerprint density at radius 1 is 0.900 bits per heavy atom. The SMILES string of the molecule is COC(=O)c1cc(NC(=O)c2ccc(C[NH+]3CCOCC3)cc2)cc(C(=O)OC)c1. The van der Waals surface area contributed by atoms with Gasteiger partial charge in [-0.25, -0.2) is 9.59 Å². The molecule has 1 heterocycles. The van der Waals surface area contributed by atoms with E-state index in [0.29, 0.717) is 11.3 Å². The van der Waals surface area contributed by atoms with Crippen molar-refractivity contribution in [2.45, 2.75) is 6.54 Å². The van der Waals surface area contributed by atoms with E-state index in [2.05, 4.69) is 5.32 Å². The Balaban J connectivity index is 1.72. The number of amides is 1. The number of carbonyl (C=O) groups is 3. The van der Waals surface area contributed by atoms with E-state index >= 15 is 0 Å². The molecule has 0 aliphatic carbocycles. The van der Waals surface area contributed by atoms with Gasteiger partial charge >= 0.3 is 11.9 Å². The van der Waals surface area contributed by atoms with Crippen molar-refractivity contribution in [1.82, 2.24) is 0 Å². The molecule has 0 spiro atoms. The summed E-state index contributed by atoms with van der Waals surface area (Å²) in [5.41, 5.74) is 2.19. The van der Waals surface area contributed by atoms with Crippen LogP contribution in [-0.4, -0.2) is 58.4 Å². The normalized spacial score (nSPS) is 14.1. The summed E-state index contributed by atoms with van der Waals surface area (Å²) in [5, 5.41) is 2.72. The molecule has 0 unspecified atom stereocenters. The van der Waals surface area contributed by atoms with Crippen molar-refractivity contribution in [1.29, 1.82) is 0 Å². The predicted molar refractivity (Wildman–Crippen MR) is 109 cm³/mol. The maximum absolute atomic E-state index is 12.7. The molecule has 1 aliphatic rings. The highest BCUT2D eigenvalue weighted by atomic mass is 16.5. The molecule has 1 saturated heterocycles. The van der Waals surface area contributed by atoms with E-state index in [1.54, 1.807) is 12.1 Å². The number of ether oxygens (including phenoxy) is 3. The van der Waals surface area contributed by atoms with E-state index in [4.69, 9.17) is 14.2 Å². The van der Waals surface area contributed by atoms with Gasteiger partial charge in [0.15, 0.2) is 0 Å². The van der Waals surface area contributed by atoms with Gasteiger partial charge in [0.05, 0.1) is 38.6 Å². The minimum atomic E-state index is -0.619. The van der Waals surface area contributed by atoms with Crippen LogP contribution in [0, 0.1) is 0 Å². The number of methoxy groups -OCH3 is 2. The summed E-state index contributed by atoms with van der Waals surface area (Å²) in [7, 11) is 2.48. The van der Waals surface area contributed by atoms with Crippen LogP contribution in [0.1, 0.15) is 36.6 Å². The summed E-state index contributed by atoms with van der Waals surface area (Å²) in [6.45, 7) is 4.37. The number of carbonyl (C=O) groups excluding carboxylic acids is 3. The van der Waals surface area contributed by atoms with Crippen LogP contribution in [0.25, 0.3) is 0 Å². The summed E-state index contributed by atoms with van der Waals surface area (Å²) in [6, 6.07) is 11.6. The Hall–Kier alpha value is -3.23. The van der Waals surface area contributed by atoms with Gasteiger partial charge in [0, 0.05) is 16.8 Å². The van der Waals surface area contributed by atoms with E-state index < -0.39 is 11.9 Å². The summed E-state index contributed by atoms with van der Waals surface area (Å²) in [5.74, 6) is -1.59. The number of morpholine rings is 1. The van der Waals surface area contributed by atoms with Crippen LogP contribution in [-0.2, 0) is 20.8 Å². The fourth-order valence-corrected chi connectivity index (χ4v) is 3.27. The van der Waals surface area contributed by atoms with Crippen molar-refractivity contribution < 1.29 is 33.5 Å². The van der Waals surface area contributed by atoms with Crippen molar-refractivity contribution in [3.63, 3.8) is 0 Å². The van der Waals surface area contributed by atoms with Gasteiger partial charge in [-0.3, -0.25) is 4.79 Å². The van der Waals surface area contributed by atoms with Gasteiger partial charge < -0.3 is 24.4 Å². The maximum atomic E-state index is 12.7. The van der Waals surface area contributed by atoms with E-state index in [9.17, 15) is 14.4 Å². The van der Waals surface area contributed by atoms with Crippen molar-refractivity contribution in [3.8, 4) is 0 Å². The van der Waals surface area contributed by atoms with Crippen LogP contribution in [0.5, 0.6) is 0 Å². The zero-order valence-electron chi connectivity index (χ0n) is 17.0. The molecular formula is C22H25N2O6+. The molecule has 0 atom stereocenters. The van der Waals surface area contributed by atoms with Gasteiger partial charge in [-0.2, -0.15) is 0 Å². The Bertz CT molecular complexity index is 885. The Morgan fingerprint density at radius 2 is 1.47 bits per heavy atom. The fraction of sp³-hybridized carbons (Fsp3) is 0.318. The highest BCUT2D eigenvalue weighted by Gasteiger charge is 2.17. The van der Waals surface area contributed by atoms with Crippen LogP contribution in [0.2, 0.25) is 0 Å². The number of esters is 2. The highest BCUT2D eigenvalue weighted by molar-refractivity contribution is 6.06. The van der Waals surface area contributed by atoms with Crippen molar-refractivity contribution in [2.24, 2.45) is 0 Å². The monoisotopic (exact) mass is 413 g/mol. The molecule has 8 heteroatoms. The quantitative estimate of drug-likeness (QED) is 0.684. The van der Waals surface area contributed by atoms with Crippen molar-refractivity contribution >= 4 is 23.5 Å². The second-order valence-corrected chi connectivity index (χ2v) is 6.97. The number of benzene rings is 2. The molecule has 8 nitrogen and oxygen atoms in total. The van der Waals surface area contributed by atoms with Crippen LogP contribution >= 0.6 is 0 Å². The standard InChI is InChI=1S/C22H24N2O6/c1-28-21(26)17-11-18(22(27)29-2)13-19(12-17)23-20(25)16-5-3-15(4-6-16)14-24-7-9-30-10-8-24/h3-6,11-13H,7-10,14H2,1-2H3,(H,23,25)/p+1. The van der Waals surface area contributed by atoms with Gasteiger partial charge in [0.2, 0.25) is 0 Å². The molecule has 0 saturated carbocycles. The molecule has 3 rings (SSSR count). The predicted octanol–water partition coefficient (Wildman–Crippen LogP) is 0.927. The van der Waals surface area contributed by atoms with Crippen LogP contribution in [0.15, 0.2) is 42.5 Å². The number of quaternary nitrogens is 1. The lowest BCUT2D eigenvalue weighted by molar-refractivity contribution is -0.921. The molecule has 2 N–H and O–H groups in total. The number of anilines is 1. The Kier molecular flexibility index (Phi) is 7.16. The largest absolute Gasteiger partial charge is 0.465 e. The fourth-order valence-electron chi connectivity index (χ4n) is 3.27.